The first-order valence-electron chi connectivity index (χ1n) is 41.1. The minimum Gasteiger partial charge on any atom is -0.480 e. The summed E-state index contributed by atoms with van der Waals surface area (Å²) < 4.78 is 32.4. The molecule has 0 spiro atoms. The van der Waals surface area contributed by atoms with Crippen molar-refractivity contribution in [2.24, 2.45) is 39.8 Å². The van der Waals surface area contributed by atoms with Gasteiger partial charge in [-0.05, 0) is 100 Å². The molecular weight excluding hydrogens is 1620 g/mol. The normalized spacial score (nSPS) is 17.4. The monoisotopic (exact) mass is 1750 g/mol. The van der Waals surface area contributed by atoms with Gasteiger partial charge in [-0.1, -0.05) is 58.0 Å². The number of ether oxygens (including phenoxy) is 6. The maximum absolute atomic E-state index is 14.7. The van der Waals surface area contributed by atoms with Gasteiger partial charge in [-0.25, -0.2) is 9.78 Å². The zero-order chi connectivity index (χ0) is 88.8. The number of nitrogens with zero attached hydrogens (tertiary/aromatic N) is 5. The second-order valence-electron chi connectivity index (χ2n) is 30.1. The van der Waals surface area contributed by atoms with Crippen molar-refractivity contribution >= 4 is 113 Å². The van der Waals surface area contributed by atoms with Crippen molar-refractivity contribution in [3.63, 3.8) is 0 Å². The van der Waals surface area contributed by atoms with Crippen LogP contribution in [0.25, 0.3) is 0 Å². The molecular formula is C78H127N19O22S2. The van der Waals surface area contributed by atoms with E-state index in [9.17, 15) is 77.3 Å². The first kappa shape index (κ1) is 102. The van der Waals surface area contributed by atoms with E-state index in [-0.39, 0.29) is 134 Å². The first-order valence-corrected chi connectivity index (χ1v) is 43.1. The fourth-order valence-corrected chi connectivity index (χ4v) is 14.4. The molecule has 12 atom stereocenters. The highest BCUT2D eigenvalue weighted by Crippen LogP contribution is 2.25. The number of aliphatic carboxylic acids is 1. The number of rotatable bonds is 60. The molecule has 5 rings (SSSR count). The van der Waals surface area contributed by atoms with E-state index in [1.165, 1.54) is 39.0 Å². The third-order valence-corrected chi connectivity index (χ3v) is 21.0. The number of benzene rings is 1. The van der Waals surface area contributed by atoms with Crippen molar-refractivity contribution in [2.75, 3.05) is 136 Å². The molecule has 0 unspecified atom stereocenters. The molecule has 0 aliphatic carbocycles. The number of carboxylic acid groups (broad SMARTS) is 1. The molecule has 0 saturated carbocycles. The Balaban J connectivity index is 1.18. The Morgan fingerprint density at radius 1 is 0.545 bits per heavy atom. The van der Waals surface area contributed by atoms with E-state index in [0.29, 0.717) is 96.5 Å². The number of aliphatic hydroxyl groups excluding tert-OH is 1. The number of primary amides is 1. The van der Waals surface area contributed by atoms with Crippen LogP contribution in [0.5, 0.6) is 0 Å². The van der Waals surface area contributed by atoms with Crippen LogP contribution in [-0.2, 0) is 108 Å². The smallest absolute Gasteiger partial charge is 0.326 e. The van der Waals surface area contributed by atoms with Gasteiger partial charge in [-0.15, -0.1) is 0 Å². The molecule has 3 aliphatic rings. The maximum atomic E-state index is 14.7. The summed E-state index contributed by atoms with van der Waals surface area (Å²) in [5.74, 6) is -12.4. The Hall–Kier alpha value is -9.34. The van der Waals surface area contributed by atoms with Gasteiger partial charge in [0.15, 0.2) is 5.96 Å². The quantitative estimate of drug-likeness (QED) is 0.0129. The zero-order valence-electron chi connectivity index (χ0n) is 69.8. The predicted octanol–water partition coefficient (Wildman–Crippen LogP) is -4.24. The zero-order valence-corrected chi connectivity index (χ0v) is 71.5. The van der Waals surface area contributed by atoms with Crippen molar-refractivity contribution in [1.82, 2.24) is 72.5 Å². The second kappa shape index (κ2) is 56.4. The summed E-state index contributed by atoms with van der Waals surface area (Å²) in [6.45, 7) is 10.6. The van der Waals surface area contributed by atoms with E-state index in [4.69, 9.17) is 51.4 Å². The van der Waals surface area contributed by atoms with Gasteiger partial charge in [-0.3, -0.25) is 67.3 Å². The number of hydrogen-bond donors (Lipinski definition) is 17. The van der Waals surface area contributed by atoms with Crippen LogP contribution in [0.15, 0.2) is 47.8 Å². The largest absolute Gasteiger partial charge is 0.480 e. The molecule has 0 radical (unpaired) electrons. The Labute approximate surface area is 714 Å². The SMILES string of the molecule is CSCC[C@H](NC(=O)[C@H](CS)NC(=O)CC[C@H](NC(=O)CCOCCOCCOCCOCCOCCOCCN)C(=O)O)C(=O)N1CCC[C@H]1C(=O)N[C@@H](CC(C)C)C(=O)N[C@@H](Cc1cnc[nH]1)C(=O)N[C@@H](CO)C(=O)N[C@@H](CCCN=C(N)N)C(=O)N[C@H](C(=O)N1CCC[C@H]1C(=O)N[C@@H](Cc1ccccc1)C(=O)N1CCC[C@H]1C(N)=O)C(C)C. The Morgan fingerprint density at radius 2 is 1.02 bits per heavy atom. The third-order valence-electron chi connectivity index (χ3n) is 20.0. The highest BCUT2D eigenvalue weighted by atomic mass is 32.2. The fraction of sp³-hybridized carbons (Fsp3) is 0.692. The predicted molar refractivity (Wildman–Crippen MR) is 447 cm³/mol. The van der Waals surface area contributed by atoms with Crippen LogP contribution in [0.4, 0.5) is 0 Å². The summed E-state index contributed by atoms with van der Waals surface area (Å²) in [7, 11) is 0. The van der Waals surface area contributed by atoms with E-state index in [2.05, 4.69) is 75.4 Å². The number of carbonyl (C=O) groups excluding carboxylic acids is 13. The lowest BCUT2D eigenvalue weighted by atomic mass is 10.0. The number of imidazole rings is 1. The lowest BCUT2D eigenvalue weighted by Crippen LogP contribution is -2.62. The van der Waals surface area contributed by atoms with Crippen molar-refractivity contribution in [1.29, 1.82) is 0 Å². The van der Waals surface area contributed by atoms with E-state index >= 15 is 0 Å². The summed E-state index contributed by atoms with van der Waals surface area (Å²) in [5.41, 5.74) is 23.3. The number of aliphatic imine (C=N–C) groups is 1. The summed E-state index contributed by atoms with van der Waals surface area (Å²) in [6.07, 6.45) is 5.23. The number of carboxylic acids is 1. The summed E-state index contributed by atoms with van der Waals surface area (Å²) in [4.78, 5) is 210. The van der Waals surface area contributed by atoms with Crippen LogP contribution in [0.3, 0.4) is 0 Å². The molecule has 678 valence electrons. The lowest BCUT2D eigenvalue weighted by molar-refractivity contribution is -0.144. The van der Waals surface area contributed by atoms with Gasteiger partial charge in [-0.2, -0.15) is 24.4 Å². The molecule has 43 heteroatoms. The van der Waals surface area contributed by atoms with E-state index in [1.54, 1.807) is 64.3 Å². The lowest BCUT2D eigenvalue weighted by Gasteiger charge is -2.33. The number of aromatic amines is 1. The number of nitrogens with one attached hydrogen (secondary N) is 10. The fourth-order valence-electron chi connectivity index (χ4n) is 13.7. The molecule has 13 amide bonds. The number of hydrogen-bond acceptors (Lipinski definition) is 26. The highest BCUT2D eigenvalue weighted by Gasteiger charge is 2.45. The van der Waals surface area contributed by atoms with Gasteiger partial charge in [0.05, 0.1) is 92.2 Å². The number of H-pyrrole nitrogens is 1. The minimum absolute atomic E-state index is 0.00467. The third kappa shape index (κ3) is 36.7. The molecule has 0 bridgehead atoms. The number of nitrogens with two attached hydrogens (primary N) is 4. The van der Waals surface area contributed by atoms with Crippen LogP contribution in [-0.4, -0.2) is 332 Å². The van der Waals surface area contributed by atoms with E-state index in [1.807, 2.05) is 0 Å². The number of thiol groups is 1. The van der Waals surface area contributed by atoms with Gasteiger partial charge >= 0.3 is 5.97 Å². The summed E-state index contributed by atoms with van der Waals surface area (Å²) >= 11 is 5.65. The number of carbonyl (C=O) groups is 14. The van der Waals surface area contributed by atoms with Crippen LogP contribution >= 0.6 is 24.4 Å². The number of likely N-dealkylation sites (tertiary alicyclic amines) is 3. The van der Waals surface area contributed by atoms with Crippen molar-refractivity contribution in [2.45, 2.75) is 197 Å². The number of aliphatic hydroxyl groups is 1. The van der Waals surface area contributed by atoms with Gasteiger partial charge in [0.1, 0.15) is 72.5 Å². The van der Waals surface area contributed by atoms with Crippen molar-refractivity contribution in [3.8, 4) is 0 Å². The van der Waals surface area contributed by atoms with Gasteiger partial charge in [0.2, 0.25) is 76.8 Å². The number of guanidine groups is 1. The van der Waals surface area contributed by atoms with Crippen LogP contribution in [0.1, 0.15) is 122 Å². The molecule has 1 aromatic carbocycles. The van der Waals surface area contributed by atoms with Crippen LogP contribution < -0.4 is 70.8 Å². The second-order valence-corrected chi connectivity index (χ2v) is 31.4. The van der Waals surface area contributed by atoms with Crippen molar-refractivity contribution in [3.05, 3.63) is 54.1 Å². The highest BCUT2D eigenvalue weighted by molar-refractivity contribution is 7.98. The topological polar surface area (TPSA) is 598 Å². The Morgan fingerprint density at radius 3 is 1.55 bits per heavy atom. The maximum Gasteiger partial charge on any atom is 0.326 e. The number of thioether (sulfide) groups is 1. The molecule has 3 aliphatic heterocycles. The summed E-state index contributed by atoms with van der Waals surface area (Å²) in [6, 6.07) is -6.84. The molecule has 4 heterocycles. The molecule has 3 saturated heterocycles. The van der Waals surface area contributed by atoms with Crippen molar-refractivity contribution < 1.29 is 106 Å². The Kier molecular flexibility index (Phi) is 47.6. The van der Waals surface area contributed by atoms with Crippen LogP contribution in [0, 0.1) is 11.8 Å². The molecule has 121 heavy (non-hydrogen) atoms. The average molecular weight is 1750 g/mol. The van der Waals surface area contributed by atoms with Crippen LogP contribution in [0.2, 0.25) is 0 Å². The number of amides is 13. The van der Waals surface area contributed by atoms with E-state index < -0.39 is 174 Å². The standard InChI is InChI=1S/C78H127N19O22S2/c1-48(2)41-55(91-72(107)61-17-11-26-96(61)74(109)53(22-40-121-5)89-71(106)59(46-120)87-63(99)20-19-54(77(112)113)86-64(100)21-28-114-30-32-116-34-36-118-38-39-119-37-35-117-33-31-115-29-23-79)68(103)90-56(43-51-44-83-47-85-51)69(104)93-58(45-98)70(105)88-52(15-9-24-84-78(81)82)67(102)94-65(49(3)4)76(111)97-27-12-18-62(97)73(108)92-57(42-50-13-7-6-8-14-50)75(110)95-25-10-16-60(95)66(80)101/h6-8,13-14,44,47-49,52-62,65,98,120H,9-12,15-43,45-46,79H2,1-5H3,(H2,80,101)(H,83,85)(H,86,100)(H,87,99)(H,88,105)(H,89,106)(H,90,103)(H,91,107)(H,92,108)(H,93,104)(H,94,102)(H,112,113)(H4,81,82,84)/t52-,53-,54-,55-,56-,57-,58-,59-,60-,61-,62-,65-/m0/s1. The summed E-state index contributed by atoms with van der Waals surface area (Å²) in [5, 5.41) is 44.4. The van der Waals surface area contributed by atoms with Gasteiger partial charge < -0.3 is 129 Å². The molecule has 20 N–H and O–H groups in total. The first-order chi connectivity index (χ1) is 58.0. The average Bonchev–Trinajstić information content (AvgIpc) is 1.72. The molecule has 3 fully saturated rings. The van der Waals surface area contributed by atoms with Gasteiger partial charge in [0, 0.05) is 76.1 Å². The van der Waals surface area contributed by atoms with Gasteiger partial charge in [0.25, 0.3) is 0 Å². The minimum atomic E-state index is -1.79. The molecule has 2 aromatic rings. The Bertz CT molecular complexity index is 3630. The number of aromatic nitrogens is 2. The molecule has 41 nitrogen and oxygen atoms in total. The van der Waals surface area contributed by atoms with E-state index in [0.717, 1.165) is 5.56 Å². The molecule has 1 aromatic heterocycles.